The molecule has 1 aromatic carbocycles. The van der Waals surface area contributed by atoms with Gasteiger partial charge in [0.2, 0.25) is 5.82 Å². The van der Waals surface area contributed by atoms with Crippen molar-refractivity contribution in [3.05, 3.63) is 45.6 Å². The highest BCUT2D eigenvalue weighted by Crippen LogP contribution is 2.28. The number of nitrogens with zero attached hydrogens (tertiary/aromatic N) is 4. The monoisotopic (exact) mass is 418 g/mol. The molecule has 0 saturated carbocycles. The van der Waals surface area contributed by atoms with Gasteiger partial charge in [-0.05, 0) is 37.1 Å². The van der Waals surface area contributed by atoms with Crippen LogP contribution < -0.4 is 10.4 Å². The quantitative estimate of drug-likeness (QED) is 0.765. The number of likely N-dealkylation sites (tertiary alicyclic amines) is 1. The molecule has 1 aromatic heterocycles. The second-order valence-corrected chi connectivity index (χ2v) is 6.90. The van der Waals surface area contributed by atoms with Crippen LogP contribution in [0.2, 0.25) is 5.02 Å². The van der Waals surface area contributed by atoms with E-state index in [-0.39, 0.29) is 12.5 Å². The zero-order chi connectivity index (χ0) is 20.5. The van der Waals surface area contributed by atoms with E-state index in [1.54, 1.807) is 29.2 Å². The molecule has 11 heteroatoms. The van der Waals surface area contributed by atoms with Crippen LogP contribution in [0.15, 0.2) is 29.1 Å². The first-order chi connectivity index (χ1) is 13.2. The maximum atomic E-state index is 12.9. The average molecular weight is 419 g/mol. The number of piperidine rings is 1. The number of rotatable bonds is 4. The van der Waals surface area contributed by atoms with Crippen molar-refractivity contribution in [3.8, 4) is 5.75 Å². The van der Waals surface area contributed by atoms with Crippen LogP contribution in [0.1, 0.15) is 24.7 Å². The van der Waals surface area contributed by atoms with E-state index in [4.69, 9.17) is 16.3 Å². The first-order valence-electron chi connectivity index (χ1n) is 8.55. The lowest BCUT2D eigenvalue weighted by atomic mass is 10.1. The fourth-order valence-electron chi connectivity index (χ4n) is 3.07. The first kappa shape index (κ1) is 20.2. The van der Waals surface area contributed by atoms with Crippen LogP contribution in [0, 0.1) is 0 Å². The molecular formula is C17H18ClF3N4O3. The van der Waals surface area contributed by atoms with Crippen LogP contribution in [0.25, 0.3) is 0 Å². The van der Waals surface area contributed by atoms with Crippen LogP contribution in [0.4, 0.5) is 13.2 Å². The van der Waals surface area contributed by atoms with Gasteiger partial charge in [-0.2, -0.15) is 13.2 Å². The highest BCUT2D eigenvalue weighted by molar-refractivity contribution is 6.30. The lowest BCUT2D eigenvalue weighted by Crippen LogP contribution is -2.43. The molecule has 2 aromatic rings. The van der Waals surface area contributed by atoms with Crippen LogP contribution in [0.5, 0.6) is 5.75 Å². The number of aromatic nitrogens is 3. The van der Waals surface area contributed by atoms with E-state index in [0.29, 0.717) is 41.3 Å². The highest BCUT2D eigenvalue weighted by atomic mass is 35.5. The fourth-order valence-corrected chi connectivity index (χ4v) is 3.19. The van der Waals surface area contributed by atoms with E-state index < -0.39 is 23.7 Å². The molecule has 0 aliphatic carbocycles. The van der Waals surface area contributed by atoms with Crippen molar-refractivity contribution < 1.29 is 22.7 Å². The van der Waals surface area contributed by atoms with Gasteiger partial charge >= 0.3 is 11.9 Å². The maximum Gasteiger partial charge on any atom is 0.451 e. The zero-order valence-electron chi connectivity index (χ0n) is 14.9. The Morgan fingerprint density at radius 2 is 1.86 bits per heavy atom. The molecule has 1 fully saturated rings. The Labute approximate surface area is 163 Å². The van der Waals surface area contributed by atoms with Gasteiger partial charge in [-0.3, -0.25) is 9.36 Å². The molecule has 152 valence electrons. The molecule has 0 spiro atoms. The van der Waals surface area contributed by atoms with Gasteiger partial charge in [0, 0.05) is 25.2 Å². The molecular weight excluding hydrogens is 401 g/mol. The summed E-state index contributed by atoms with van der Waals surface area (Å²) in [4.78, 5) is 25.9. The number of alkyl halides is 3. The highest BCUT2D eigenvalue weighted by Gasteiger charge is 2.39. The van der Waals surface area contributed by atoms with Crippen LogP contribution in [0.3, 0.4) is 0 Å². The van der Waals surface area contributed by atoms with E-state index in [1.165, 1.54) is 0 Å². The van der Waals surface area contributed by atoms with Crippen molar-refractivity contribution in [1.29, 1.82) is 0 Å². The Morgan fingerprint density at radius 3 is 2.39 bits per heavy atom. The summed E-state index contributed by atoms with van der Waals surface area (Å²) in [5.41, 5.74) is -0.817. The van der Waals surface area contributed by atoms with Crippen LogP contribution >= 0.6 is 11.6 Å². The minimum Gasteiger partial charge on any atom is -0.484 e. The molecule has 1 aliphatic rings. The molecule has 0 radical (unpaired) electrons. The lowest BCUT2D eigenvalue weighted by Gasteiger charge is -2.31. The number of benzene rings is 1. The van der Waals surface area contributed by atoms with E-state index in [9.17, 15) is 22.8 Å². The van der Waals surface area contributed by atoms with E-state index in [2.05, 4.69) is 5.10 Å². The summed E-state index contributed by atoms with van der Waals surface area (Å²) in [5, 5.41) is 4.02. The number of hydrogen-bond acceptors (Lipinski definition) is 4. The van der Waals surface area contributed by atoms with Crippen LogP contribution in [-0.2, 0) is 18.0 Å². The van der Waals surface area contributed by atoms with Crippen molar-refractivity contribution in [2.24, 2.45) is 7.05 Å². The average Bonchev–Trinajstić information content (AvgIpc) is 2.96. The minimum atomic E-state index is -4.70. The fraction of sp³-hybridized carbons (Fsp3) is 0.471. The van der Waals surface area contributed by atoms with Gasteiger partial charge in [0.1, 0.15) is 5.75 Å². The lowest BCUT2D eigenvalue weighted by molar-refractivity contribution is -0.147. The molecule has 0 unspecified atom stereocenters. The number of amides is 1. The van der Waals surface area contributed by atoms with Crippen molar-refractivity contribution in [3.63, 3.8) is 0 Å². The third-order valence-corrected chi connectivity index (χ3v) is 4.85. The molecule has 1 aliphatic heterocycles. The standard InChI is InChI=1S/C17H18ClF3N4O3/c1-23-15(17(19,20)21)22-25(16(23)27)12-6-8-24(9-7-12)14(26)10-28-13-4-2-11(18)3-5-13/h2-5,12H,6-10H2,1H3. The molecule has 7 nitrogen and oxygen atoms in total. The summed E-state index contributed by atoms with van der Waals surface area (Å²) in [7, 11) is 1.04. The Balaban J connectivity index is 1.58. The Bertz CT molecular complexity index is 900. The van der Waals surface area contributed by atoms with Crippen molar-refractivity contribution in [2.75, 3.05) is 19.7 Å². The first-order valence-corrected chi connectivity index (χ1v) is 8.93. The van der Waals surface area contributed by atoms with Crippen molar-refractivity contribution >= 4 is 17.5 Å². The summed E-state index contributed by atoms with van der Waals surface area (Å²) >= 11 is 5.78. The van der Waals surface area contributed by atoms with Gasteiger partial charge < -0.3 is 9.64 Å². The summed E-state index contributed by atoms with van der Waals surface area (Å²) in [6.07, 6.45) is -4.03. The molecule has 3 rings (SSSR count). The van der Waals surface area contributed by atoms with Gasteiger partial charge in [0.25, 0.3) is 5.91 Å². The SMILES string of the molecule is Cn1c(C(F)(F)F)nn(C2CCN(C(=O)COc3ccc(Cl)cc3)CC2)c1=O. The molecule has 0 bridgehead atoms. The smallest absolute Gasteiger partial charge is 0.451 e. The van der Waals surface area contributed by atoms with E-state index in [0.717, 1.165) is 11.7 Å². The summed E-state index contributed by atoms with van der Waals surface area (Å²) in [6, 6.07) is 6.09. The molecule has 28 heavy (non-hydrogen) atoms. The maximum absolute atomic E-state index is 12.9. The number of halogens is 4. The summed E-state index contributed by atoms with van der Waals surface area (Å²) in [6.45, 7) is 0.448. The molecule has 0 atom stereocenters. The van der Waals surface area contributed by atoms with Crippen molar-refractivity contribution in [1.82, 2.24) is 19.2 Å². The van der Waals surface area contributed by atoms with Gasteiger partial charge in [0.05, 0.1) is 6.04 Å². The zero-order valence-corrected chi connectivity index (χ0v) is 15.7. The molecule has 2 heterocycles. The number of hydrogen-bond donors (Lipinski definition) is 0. The Kier molecular flexibility index (Phi) is 5.69. The van der Waals surface area contributed by atoms with Gasteiger partial charge in [-0.15, -0.1) is 5.10 Å². The largest absolute Gasteiger partial charge is 0.484 e. The second-order valence-electron chi connectivity index (χ2n) is 6.46. The topological polar surface area (TPSA) is 69.4 Å². The number of ether oxygens (including phenoxy) is 1. The van der Waals surface area contributed by atoms with E-state index in [1.807, 2.05) is 0 Å². The third-order valence-electron chi connectivity index (χ3n) is 4.60. The molecule has 1 amide bonds. The summed E-state index contributed by atoms with van der Waals surface area (Å²) < 4.78 is 45.5. The van der Waals surface area contributed by atoms with Gasteiger partial charge in [-0.25, -0.2) is 9.48 Å². The minimum absolute atomic E-state index is 0.159. The second kappa shape index (κ2) is 7.86. The predicted octanol–water partition coefficient (Wildman–Crippen LogP) is 2.50. The van der Waals surface area contributed by atoms with Crippen LogP contribution in [-0.4, -0.2) is 44.9 Å². The van der Waals surface area contributed by atoms with Gasteiger partial charge in [0.15, 0.2) is 6.61 Å². The Hall–Kier alpha value is -2.49. The normalized spacial score (nSPS) is 15.7. The van der Waals surface area contributed by atoms with Crippen molar-refractivity contribution in [2.45, 2.75) is 25.1 Å². The van der Waals surface area contributed by atoms with Gasteiger partial charge in [-0.1, -0.05) is 11.6 Å². The van der Waals surface area contributed by atoms with E-state index >= 15 is 0 Å². The summed E-state index contributed by atoms with van der Waals surface area (Å²) in [5.74, 6) is -0.961. The third kappa shape index (κ3) is 4.32. The number of carbonyl (C=O) groups is 1. The molecule has 0 N–H and O–H groups in total. The number of carbonyl (C=O) groups excluding carboxylic acids is 1. The molecule has 1 saturated heterocycles. The predicted molar refractivity (Wildman–Crippen MR) is 94.3 cm³/mol. The Morgan fingerprint density at radius 1 is 1.25 bits per heavy atom.